The Morgan fingerprint density at radius 1 is 1.24 bits per heavy atom. The van der Waals surface area contributed by atoms with Gasteiger partial charge in [-0.3, -0.25) is 9.69 Å². The lowest BCUT2D eigenvalue weighted by atomic mass is 10.1. The van der Waals surface area contributed by atoms with Crippen LogP contribution in [-0.2, 0) is 16.1 Å². The first-order valence-corrected chi connectivity index (χ1v) is 11.9. The minimum absolute atomic E-state index is 0. The van der Waals surface area contributed by atoms with Crippen molar-refractivity contribution in [2.24, 2.45) is 10.9 Å². The number of rotatable bonds is 9. The number of aliphatic hydroxyl groups is 1. The van der Waals surface area contributed by atoms with Crippen molar-refractivity contribution in [3.05, 3.63) is 29.8 Å². The number of guanidine groups is 1. The zero-order valence-corrected chi connectivity index (χ0v) is 22.3. The second-order valence-corrected chi connectivity index (χ2v) is 9.11. The predicted molar refractivity (Wildman–Crippen MR) is 143 cm³/mol. The Hall–Kier alpha value is -1.43. The molecule has 1 heterocycles. The molecule has 33 heavy (non-hydrogen) atoms. The summed E-state index contributed by atoms with van der Waals surface area (Å²) in [5.74, 6) is 0.933. The molecule has 4 N–H and O–H groups in total. The summed E-state index contributed by atoms with van der Waals surface area (Å²) < 4.78 is 5.38. The SMILES string of the molecule is CCNC(=NCc1cccc(NC(=O)C2CCCC2)c1)NCC(C)(O)CN1CCOCC1.I. The predicted octanol–water partition coefficient (Wildman–Crippen LogP) is 2.57. The van der Waals surface area contributed by atoms with E-state index >= 15 is 0 Å². The molecular formula is C24H40IN5O3. The van der Waals surface area contributed by atoms with Crippen LogP contribution in [0.4, 0.5) is 5.69 Å². The minimum Gasteiger partial charge on any atom is -0.387 e. The standard InChI is InChI=1S/C24H39N5O3.HI/c1-3-25-23(27-17-24(2,31)18-29-11-13-32-14-12-29)26-16-19-7-6-10-21(15-19)28-22(30)20-8-4-5-9-20;/h6-7,10,15,20,31H,3-5,8-9,11-14,16-18H2,1-2H3,(H,28,30)(H2,25,26,27);1H. The highest BCUT2D eigenvalue weighted by atomic mass is 127. The molecule has 186 valence electrons. The number of hydrogen-bond acceptors (Lipinski definition) is 5. The van der Waals surface area contributed by atoms with Crippen LogP contribution in [0.5, 0.6) is 0 Å². The van der Waals surface area contributed by atoms with E-state index in [-0.39, 0.29) is 35.8 Å². The quantitative estimate of drug-likeness (QED) is 0.206. The van der Waals surface area contributed by atoms with Crippen molar-refractivity contribution < 1.29 is 14.6 Å². The molecule has 8 nitrogen and oxygen atoms in total. The molecule has 9 heteroatoms. The van der Waals surface area contributed by atoms with Gasteiger partial charge >= 0.3 is 0 Å². The molecule has 2 aliphatic rings. The molecule has 1 aromatic carbocycles. The summed E-state index contributed by atoms with van der Waals surface area (Å²) >= 11 is 0. The Balaban J connectivity index is 0.00000385. The van der Waals surface area contributed by atoms with E-state index < -0.39 is 5.60 Å². The highest BCUT2D eigenvalue weighted by Gasteiger charge is 2.25. The number of carbonyl (C=O) groups excluding carboxylic acids is 1. The van der Waals surface area contributed by atoms with E-state index in [0.717, 1.165) is 56.6 Å². The van der Waals surface area contributed by atoms with Gasteiger partial charge < -0.3 is 25.8 Å². The van der Waals surface area contributed by atoms with E-state index in [1.807, 2.05) is 38.1 Å². The van der Waals surface area contributed by atoms with Gasteiger partial charge in [0.15, 0.2) is 5.96 Å². The highest BCUT2D eigenvalue weighted by molar-refractivity contribution is 14.0. The molecule has 3 rings (SSSR count). The molecule has 0 spiro atoms. The number of hydrogen-bond donors (Lipinski definition) is 4. The molecule has 1 saturated carbocycles. The summed E-state index contributed by atoms with van der Waals surface area (Å²) in [4.78, 5) is 19.3. The van der Waals surface area contributed by atoms with Crippen LogP contribution in [0, 0.1) is 5.92 Å². The van der Waals surface area contributed by atoms with E-state index in [9.17, 15) is 9.90 Å². The number of benzene rings is 1. The van der Waals surface area contributed by atoms with E-state index in [0.29, 0.717) is 38.8 Å². The number of nitrogens with one attached hydrogen (secondary N) is 3. The van der Waals surface area contributed by atoms with Crippen LogP contribution < -0.4 is 16.0 Å². The lowest BCUT2D eigenvalue weighted by molar-refractivity contribution is -0.119. The van der Waals surface area contributed by atoms with Crippen molar-refractivity contribution in [1.29, 1.82) is 0 Å². The van der Waals surface area contributed by atoms with Crippen molar-refractivity contribution >= 4 is 41.5 Å². The van der Waals surface area contributed by atoms with Crippen LogP contribution in [0.1, 0.15) is 45.1 Å². The van der Waals surface area contributed by atoms with Crippen molar-refractivity contribution in [3.8, 4) is 0 Å². The van der Waals surface area contributed by atoms with Gasteiger partial charge in [0, 0.05) is 44.3 Å². The summed E-state index contributed by atoms with van der Waals surface area (Å²) in [7, 11) is 0. The fraction of sp³-hybridized carbons (Fsp3) is 0.667. The largest absolute Gasteiger partial charge is 0.387 e. The first-order chi connectivity index (χ1) is 15.4. The van der Waals surface area contributed by atoms with E-state index in [1.54, 1.807) is 0 Å². The molecule has 1 atom stereocenters. The number of anilines is 1. The molecule has 0 aromatic heterocycles. The summed E-state index contributed by atoms with van der Waals surface area (Å²) in [5.41, 5.74) is 0.963. The highest BCUT2D eigenvalue weighted by Crippen LogP contribution is 2.26. The Morgan fingerprint density at radius 2 is 1.97 bits per heavy atom. The van der Waals surface area contributed by atoms with Crippen LogP contribution in [0.25, 0.3) is 0 Å². The van der Waals surface area contributed by atoms with E-state index in [1.165, 1.54) is 0 Å². The Labute approximate surface area is 215 Å². The van der Waals surface area contributed by atoms with E-state index in [2.05, 4.69) is 25.8 Å². The van der Waals surface area contributed by atoms with Crippen molar-refractivity contribution in [1.82, 2.24) is 15.5 Å². The van der Waals surface area contributed by atoms with Crippen molar-refractivity contribution in [2.75, 3.05) is 51.3 Å². The van der Waals surface area contributed by atoms with Crippen molar-refractivity contribution in [3.63, 3.8) is 0 Å². The van der Waals surface area contributed by atoms with Crippen LogP contribution >= 0.6 is 24.0 Å². The number of amides is 1. The molecule has 0 bridgehead atoms. The average Bonchev–Trinajstić information content (AvgIpc) is 3.32. The molecule has 1 aliphatic heterocycles. The summed E-state index contributed by atoms with van der Waals surface area (Å²) in [6, 6.07) is 7.86. The van der Waals surface area contributed by atoms with Gasteiger partial charge in [0.25, 0.3) is 0 Å². The van der Waals surface area contributed by atoms with E-state index in [4.69, 9.17) is 4.74 Å². The maximum Gasteiger partial charge on any atom is 0.227 e. The number of β-amino-alcohol motifs (C(OH)–C–C–N with tert-alkyl or cyclic N) is 1. The summed E-state index contributed by atoms with van der Waals surface area (Å²) in [5, 5.41) is 20.4. The van der Waals surface area contributed by atoms with Crippen molar-refractivity contribution in [2.45, 2.75) is 51.7 Å². The Kier molecular flexibility index (Phi) is 11.9. The van der Waals surface area contributed by atoms with Gasteiger partial charge in [-0.25, -0.2) is 4.99 Å². The number of carbonyl (C=O) groups is 1. The maximum atomic E-state index is 12.4. The maximum absolute atomic E-state index is 12.4. The minimum atomic E-state index is -0.877. The molecule has 0 radical (unpaired) electrons. The normalized spacial score (nSPS) is 19.4. The second-order valence-electron chi connectivity index (χ2n) is 9.11. The first kappa shape index (κ1) is 27.8. The zero-order chi connectivity index (χ0) is 22.8. The molecule has 1 aromatic rings. The Bertz CT molecular complexity index is 762. The van der Waals surface area contributed by atoms with Crippen LogP contribution in [0.3, 0.4) is 0 Å². The van der Waals surface area contributed by atoms with Gasteiger partial charge in [-0.05, 0) is 44.4 Å². The number of morpholine rings is 1. The molecular weight excluding hydrogens is 533 g/mol. The topological polar surface area (TPSA) is 98.2 Å². The van der Waals surface area contributed by atoms with Gasteiger partial charge in [-0.2, -0.15) is 0 Å². The van der Waals surface area contributed by atoms with Gasteiger partial charge in [-0.15, -0.1) is 24.0 Å². The Morgan fingerprint density at radius 3 is 2.67 bits per heavy atom. The summed E-state index contributed by atoms with van der Waals surface area (Å²) in [6.07, 6.45) is 4.27. The number of aliphatic imine (C=N–C) groups is 1. The first-order valence-electron chi connectivity index (χ1n) is 11.9. The molecule has 1 amide bonds. The fourth-order valence-electron chi connectivity index (χ4n) is 4.26. The molecule has 1 saturated heterocycles. The van der Waals surface area contributed by atoms with Gasteiger partial charge in [0.2, 0.25) is 5.91 Å². The van der Waals surface area contributed by atoms with Gasteiger partial charge in [-0.1, -0.05) is 25.0 Å². The third kappa shape index (κ3) is 9.76. The number of halogens is 1. The van der Waals surface area contributed by atoms with Gasteiger partial charge in [0.05, 0.1) is 25.4 Å². The van der Waals surface area contributed by atoms with Crippen LogP contribution in [0.15, 0.2) is 29.3 Å². The second kappa shape index (κ2) is 14.1. The average molecular weight is 574 g/mol. The fourth-order valence-corrected chi connectivity index (χ4v) is 4.26. The smallest absolute Gasteiger partial charge is 0.227 e. The summed E-state index contributed by atoms with van der Waals surface area (Å²) in [6.45, 7) is 9.18. The number of nitrogens with zero attached hydrogens (tertiary/aromatic N) is 2. The third-order valence-corrected chi connectivity index (χ3v) is 5.99. The van der Waals surface area contributed by atoms with Gasteiger partial charge in [0.1, 0.15) is 0 Å². The third-order valence-electron chi connectivity index (χ3n) is 5.99. The lowest BCUT2D eigenvalue weighted by Gasteiger charge is -2.34. The van der Waals surface area contributed by atoms with Crippen LogP contribution in [0.2, 0.25) is 0 Å². The van der Waals surface area contributed by atoms with Crippen LogP contribution in [-0.4, -0.2) is 73.4 Å². The monoisotopic (exact) mass is 573 g/mol. The zero-order valence-electron chi connectivity index (χ0n) is 19.9. The lowest BCUT2D eigenvalue weighted by Crippen LogP contribution is -2.52. The molecule has 2 fully saturated rings. The number of ether oxygens (including phenoxy) is 1. The molecule has 1 aliphatic carbocycles. The molecule has 1 unspecified atom stereocenters.